The van der Waals surface area contributed by atoms with E-state index in [0.717, 1.165) is 31.2 Å². The molecule has 0 aromatic heterocycles. The van der Waals surface area contributed by atoms with Gasteiger partial charge in [-0.25, -0.2) is 4.39 Å². The Balaban J connectivity index is 1.64. The van der Waals surface area contributed by atoms with Crippen molar-refractivity contribution in [2.75, 3.05) is 53.9 Å². The van der Waals surface area contributed by atoms with Crippen LogP contribution in [-0.4, -0.2) is 80.1 Å². The van der Waals surface area contributed by atoms with Crippen molar-refractivity contribution >= 4 is 5.96 Å². The van der Waals surface area contributed by atoms with Gasteiger partial charge in [-0.15, -0.1) is 0 Å². The Hall–Kier alpha value is -1.66. The van der Waals surface area contributed by atoms with Crippen LogP contribution in [0.25, 0.3) is 0 Å². The summed E-state index contributed by atoms with van der Waals surface area (Å²) in [5.74, 6) is 0.708. The summed E-state index contributed by atoms with van der Waals surface area (Å²) in [6.45, 7) is 6.38. The lowest BCUT2D eigenvalue weighted by atomic mass is 9.84. The van der Waals surface area contributed by atoms with Gasteiger partial charge < -0.3 is 15.1 Å². The molecule has 2 aliphatic heterocycles. The number of rotatable bonds is 5. The number of likely N-dealkylation sites (tertiary alicyclic amines) is 2. The highest BCUT2D eigenvalue weighted by Gasteiger charge is 2.39. The van der Waals surface area contributed by atoms with Crippen molar-refractivity contribution in [1.82, 2.24) is 20.0 Å². The minimum Gasteiger partial charge on any atom is -0.354 e. The highest BCUT2D eigenvalue weighted by Crippen LogP contribution is 2.30. The molecule has 2 aliphatic rings. The molecule has 5 nitrogen and oxygen atoms in total. The van der Waals surface area contributed by atoms with Crippen molar-refractivity contribution in [3.05, 3.63) is 35.6 Å². The fourth-order valence-corrected chi connectivity index (χ4v) is 4.57. The Morgan fingerprint density at radius 3 is 2.36 bits per heavy atom. The summed E-state index contributed by atoms with van der Waals surface area (Å²) in [6.07, 6.45) is 6.40. The number of aliphatic imine (C=N–C) groups is 1. The minimum absolute atomic E-state index is 0.195. The molecular formula is C22H36FN5. The Morgan fingerprint density at radius 2 is 1.75 bits per heavy atom. The Labute approximate surface area is 169 Å². The van der Waals surface area contributed by atoms with Crippen molar-refractivity contribution in [1.29, 1.82) is 0 Å². The second-order valence-electron chi connectivity index (χ2n) is 8.46. The van der Waals surface area contributed by atoms with E-state index in [1.165, 1.54) is 57.3 Å². The highest BCUT2D eigenvalue weighted by molar-refractivity contribution is 5.79. The number of nitrogens with zero attached hydrogens (tertiary/aromatic N) is 4. The molecule has 0 atom stereocenters. The maximum atomic E-state index is 13.2. The molecule has 156 valence electrons. The van der Waals surface area contributed by atoms with E-state index >= 15 is 0 Å². The zero-order valence-electron chi connectivity index (χ0n) is 17.8. The number of guanidine groups is 1. The maximum absolute atomic E-state index is 13.2. The highest BCUT2D eigenvalue weighted by atomic mass is 19.1. The first-order valence-electron chi connectivity index (χ1n) is 10.6. The van der Waals surface area contributed by atoms with Crippen LogP contribution in [0.1, 0.15) is 37.7 Å². The van der Waals surface area contributed by atoms with Crippen molar-refractivity contribution in [2.24, 2.45) is 4.99 Å². The van der Waals surface area contributed by atoms with Crippen molar-refractivity contribution in [3.8, 4) is 0 Å². The number of nitrogens with one attached hydrogen (secondary N) is 1. The molecule has 2 heterocycles. The zero-order valence-corrected chi connectivity index (χ0v) is 17.8. The molecule has 0 radical (unpaired) electrons. The van der Waals surface area contributed by atoms with Gasteiger partial charge in [0.1, 0.15) is 5.82 Å². The minimum atomic E-state index is -0.195. The molecule has 2 saturated heterocycles. The lowest BCUT2D eigenvalue weighted by Gasteiger charge is -2.50. The molecule has 3 rings (SSSR count). The van der Waals surface area contributed by atoms with Gasteiger partial charge in [-0.1, -0.05) is 18.6 Å². The predicted molar refractivity (Wildman–Crippen MR) is 114 cm³/mol. The summed E-state index contributed by atoms with van der Waals surface area (Å²) in [5.41, 5.74) is 1.30. The summed E-state index contributed by atoms with van der Waals surface area (Å²) >= 11 is 0. The van der Waals surface area contributed by atoms with E-state index in [4.69, 9.17) is 0 Å². The summed E-state index contributed by atoms with van der Waals surface area (Å²) in [4.78, 5) is 11.8. The molecule has 1 aromatic rings. The standard InChI is InChI=1S/C22H36FN5/c1-24-21(27(3)17-19-7-9-20(23)10-8-19)25-18-22(11-15-26(2)16-12-22)28-13-5-4-6-14-28/h7-10H,4-6,11-18H2,1-3H3,(H,24,25). The number of hydrogen-bond acceptors (Lipinski definition) is 3. The van der Waals surface area contributed by atoms with Gasteiger partial charge >= 0.3 is 0 Å². The van der Waals surface area contributed by atoms with Crippen LogP contribution < -0.4 is 5.32 Å². The number of halogens is 1. The lowest BCUT2D eigenvalue weighted by molar-refractivity contribution is 0.0170. The third-order valence-corrected chi connectivity index (χ3v) is 6.43. The van der Waals surface area contributed by atoms with Crippen LogP contribution in [0.5, 0.6) is 0 Å². The number of benzene rings is 1. The topological polar surface area (TPSA) is 34.1 Å². The quantitative estimate of drug-likeness (QED) is 0.620. The molecule has 0 bridgehead atoms. The average Bonchev–Trinajstić information content (AvgIpc) is 2.72. The van der Waals surface area contributed by atoms with E-state index in [1.807, 2.05) is 26.2 Å². The van der Waals surface area contributed by atoms with Gasteiger partial charge in [0.2, 0.25) is 0 Å². The third-order valence-electron chi connectivity index (χ3n) is 6.43. The second kappa shape index (κ2) is 9.70. The van der Waals surface area contributed by atoms with E-state index in [1.54, 1.807) is 0 Å². The molecular weight excluding hydrogens is 353 g/mol. The fraction of sp³-hybridized carbons (Fsp3) is 0.682. The molecule has 6 heteroatoms. The first-order chi connectivity index (χ1) is 13.5. The van der Waals surface area contributed by atoms with Crippen molar-refractivity contribution in [3.63, 3.8) is 0 Å². The molecule has 0 spiro atoms. The first kappa shape index (κ1) is 21.1. The Bertz CT molecular complexity index is 631. The van der Waals surface area contributed by atoms with E-state index < -0.39 is 0 Å². The van der Waals surface area contributed by atoms with Crippen LogP contribution >= 0.6 is 0 Å². The van der Waals surface area contributed by atoms with E-state index in [0.29, 0.717) is 6.54 Å². The van der Waals surface area contributed by atoms with Crippen LogP contribution in [0.2, 0.25) is 0 Å². The van der Waals surface area contributed by atoms with Gasteiger partial charge in [0.05, 0.1) is 0 Å². The van der Waals surface area contributed by atoms with Gasteiger partial charge in [0.25, 0.3) is 0 Å². The zero-order chi connectivity index (χ0) is 20.0. The van der Waals surface area contributed by atoms with Gasteiger partial charge in [0.15, 0.2) is 5.96 Å². The second-order valence-corrected chi connectivity index (χ2v) is 8.46. The third kappa shape index (κ3) is 5.23. The molecule has 1 aromatic carbocycles. The Kier molecular flexibility index (Phi) is 7.30. The monoisotopic (exact) mass is 389 g/mol. The van der Waals surface area contributed by atoms with Crippen LogP contribution in [0.3, 0.4) is 0 Å². The molecule has 0 aliphatic carbocycles. The van der Waals surface area contributed by atoms with E-state index in [2.05, 4.69) is 32.1 Å². The largest absolute Gasteiger partial charge is 0.354 e. The molecule has 1 N–H and O–H groups in total. The first-order valence-corrected chi connectivity index (χ1v) is 10.6. The summed E-state index contributed by atoms with van der Waals surface area (Å²) in [6, 6.07) is 6.71. The predicted octanol–water partition coefficient (Wildman–Crippen LogP) is 2.78. The Morgan fingerprint density at radius 1 is 1.11 bits per heavy atom. The van der Waals surface area contributed by atoms with Gasteiger partial charge in [0, 0.05) is 32.7 Å². The molecule has 0 unspecified atom stereocenters. The summed E-state index contributed by atoms with van der Waals surface area (Å²) < 4.78 is 13.2. The van der Waals surface area contributed by atoms with E-state index in [-0.39, 0.29) is 11.4 Å². The van der Waals surface area contributed by atoms with Crippen LogP contribution in [0, 0.1) is 5.82 Å². The summed E-state index contributed by atoms with van der Waals surface area (Å²) in [7, 11) is 6.11. The van der Waals surface area contributed by atoms with E-state index in [9.17, 15) is 4.39 Å². The van der Waals surface area contributed by atoms with Crippen molar-refractivity contribution < 1.29 is 4.39 Å². The molecule has 2 fully saturated rings. The molecule has 0 saturated carbocycles. The molecule has 0 amide bonds. The van der Waals surface area contributed by atoms with Crippen LogP contribution in [0.4, 0.5) is 4.39 Å². The number of hydrogen-bond donors (Lipinski definition) is 1. The average molecular weight is 390 g/mol. The van der Waals surface area contributed by atoms with Crippen LogP contribution in [-0.2, 0) is 6.54 Å². The normalized spacial score (nSPS) is 21.5. The van der Waals surface area contributed by atoms with Crippen LogP contribution in [0.15, 0.2) is 29.3 Å². The maximum Gasteiger partial charge on any atom is 0.193 e. The fourth-order valence-electron chi connectivity index (χ4n) is 4.57. The van der Waals surface area contributed by atoms with Gasteiger partial charge in [-0.05, 0) is 76.6 Å². The number of piperidine rings is 2. The SMILES string of the molecule is CN=C(NCC1(N2CCCCC2)CCN(C)CC1)N(C)Cc1ccc(F)cc1. The summed E-state index contributed by atoms with van der Waals surface area (Å²) in [5, 5.41) is 3.67. The van der Waals surface area contributed by atoms with Crippen molar-refractivity contribution in [2.45, 2.75) is 44.2 Å². The van der Waals surface area contributed by atoms with Gasteiger partial charge in [-0.3, -0.25) is 9.89 Å². The lowest BCUT2D eigenvalue weighted by Crippen LogP contribution is -2.62. The molecule has 28 heavy (non-hydrogen) atoms. The smallest absolute Gasteiger partial charge is 0.193 e. The van der Waals surface area contributed by atoms with Gasteiger partial charge in [-0.2, -0.15) is 0 Å².